The topological polar surface area (TPSA) is 18.5 Å². The summed E-state index contributed by atoms with van der Waals surface area (Å²) in [5, 5.41) is -0.0856. The molecule has 0 saturated heterocycles. The number of methoxy groups -OCH3 is 2. The second-order valence-electron chi connectivity index (χ2n) is 4.77. The standard InChI is InChI=1S/C17H19ClO2/c1-12-4-6-13(7-5-12)10-15(18)14-8-9-16(19-2)17(11-14)20-3/h4-9,11,15H,10H2,1-3H3. The van der Waals surface area contributed by atoms with Crippen LogP contribution in [0, 0.1) is 6.92 Å². The molecular formula is C17H19ClO2. The fraction of sp³-hybridized carbons (Fsp3) is 0.294. The van der Waals surface area contributed by atoms with Crippen LogP contribution in [-0.4, -0.2) is 14.2 Å². The van der Waals surface area contributed by atoms with E-state index in [1.165, 1.54) is 11.1 Å². The van der Waals surface area contributed by atoms with E-state index in [2.05, 4.69) is 31.2 Å². The molecule has 0 spiro atoms. The molecule has 0 N–H and O–H groups in total. The summed E-state index contributed by atoms with van der Waals surface area (Å²) in [4.78, 5) is 0. The van der Waals surface area contributed by atoms with Crippen molar-refractivity contribution in [1.82, 2.24) is 0 Å². The third-order valence-electron chi connectivity index (χ3n) is 3.30. The molecule has 0 aromatic heterocycles. The van der Waals surface area contributed by atoms with Crippen molar-refractivity contribution in [3.63, 3.8) is 0 Å². The van der Waals surface area contributed by atoms with Crippen LogP contribution in [-0.2, 0) is 6.42 Å². The molecule has 106 valence electrons. The molecule has 0 radical (unpaired) electrons. The molecule has 1 atom stereocenters. The second kappa shape index (κ2) is 6.67. The summed E-state index contributed by atoms with van der Waals surface area (Å²) in [6.07, 6.45) is 0.789. The van der Waals surface area contributed by atoms with Crippen LogP contribution in [0.25, 0.3) is 0 Å². The van der Waals surface area contributed by atoms with Gasteiger partial charge in [-0.15, -0.1) is 11.6 Å². The van der Waals surface area contributed by atoms with Gasteiger partial charge in [0.05, 0.1) is 19.6 Å². The van der Waals surface area contributed by atoms with Crippen LogP contribution in [0.2, 0.25) is 0 Å². The number of alkyl halides is 1. The quantitative estimate of drug-likeness (QED) is 0.753. The van der Waals surface area contributed by atoms with E-state index in [4.69, 9.17) is 21.1 Å². The van der Waals surface area contributed by atoms with Crippen molar-refractivity contribution in [3.05, 3.63) is 59.2 Å². The maximum Gasteiger partial charge on any atom is 0.161 e. The molecule has 0 heterocycles. The minimum Gasteiger partial charge on any atom is -0.493 e. The lowest BCUT2D eigenvalue weighted by Crippen LogP contribution is -1.98. The largest absolute Gasteiger partial charge is 0.493 e. The van der Waals surface area contributed by atoms with E-state index in [1.54, 1.807) is 14.2 Å². The summed E-state index contributed by atoms with van der Waals surface area (Å²) in [7, 11) is 3.26. The van der Waals surface area contributed by atoms with E-state index in [0.29, 0.717) is 5.75 Å². The van der Waals surface area contributed by atoms with Crippen molar-refractivity contribution in [1.29, 1.82) is 0 Å². The molecule has 20 heavy (non-hydrogen) atoms. The zero-order valence-electron chi connectivity index (χ0n) is 12.0. The first-order valence-corrected chi connectivity index (χ1v) is 6.99. The Balaban J connectivity index is 2.16. The van der Waals surface area contributed by atoms with Crippen molar-refractivity contribution in [2.45, 2.75) is 18.7 Å². The molecule has 0 fully saturated rings. The first-order chi connectivity index (χ1) is 9.63. The van der Waals surface area contributed by atoms with Crippen LogP contribution in [0.1, 0.15) is 22.1 Å². The van der Waals surface area contributed by atoms with Crippen LogP contribution < -0.4 is 9.47 Å². The zero-order valence-corrected chi connectivity index (χ0v) is 12.8. The fourth-order valence-corrected chi connectivity index (χ4v) is 2.41. The Morgan fingerprint density at radius 1 is 0.950 bits per heavy atom. The maximum absolute atomic E-state index is 6.51. The summed E-state index contributed by atoms with van der Waals surface area (Å²) in [6, 6.07) is 14.2. The number of benzene rings is 2. The van der Waals surface area contributed by atoms with Gasteiger partial charge in [-0.05, 0) is 36.6 Å². The summed E-state index contributed by atoms with van der Waals surface area (Å²) in [6.45, 7) is 2.08. The van der Waals surface area contributed by atoms with Gasteiger partial charge in [0.1, 0.15) is 0 Å². The predicted molar refractivity (Wildman–Crippen MR) is 83.0 cm³/mol. The molecule has 2 aromatic carbocycles. The van der Waals surface area contributed by atoms with Gasteiger partial charge in [0.25, 0.3) is 0 Å². The van der Waals surface area contributed by atoms with E-state index in [9.17, 15) is 0 Å². The Kier molecular flexibility index (Phi) is 4.91. The highest BCUT2D eigenvalue weighted by atomic mass is 35.5. The minimum atomic E-state index is -0.0856. The van der Waals surface area contributed by atoms with Crippen molar-refractivity contribution >= 4 is 11.6 Å². The number of halogens is 1. The van der Waals surface area contributed by atoms with Crippen LogP contribution in [0.3, 0.4) is 0 Å². The fourth-order valence-electron chi connectivity index (χ4n) is 2.10. The normalized spacial score (nSPS) is 12.0. The first kappa shape index (κ1) is 14.7. The van der Waals surface area contributed by atoms with Crippen LogP contribution in [0.4, 0.5) is 0 Å². The molecule has 0 bridgehead atoms. The van der Waals surface area contributed by atoms with Crippen molar-refractivity contribution < 1.29 is 9.47 Å². The Bertz CT molecular complexity index is 564. The molecular weight excluding hydrogens is 272 g/mol. The van der Waals surface area contributed by atoms with E-state index in [1.807, 2.05) is 18.2 Å². The van der Waals surface area contributed by atoms with E-state index in [-0.39, 0.29) is 5.38 Å². The highest BCUT2D eigenvalue weighted by Gasteiger charge is 2.12. The molecule has 2 rings (SSSR count). The number of rotatable bonds is 5. The summed E-state index contributed by atoms with van der Waals surface area (Å²) >= 11 is 6.51. The molecule has 0 amide bonds. The van der Waals surface area contributed by atoms with Crippen LogP contribution >= 0.6 is 11.6 Å². The van der Waals surface area contributed by atoms with Gasteiger partial charge in [-0.3, -0.25) is 0 Å². The number of hydrogen-bond acceptors (Lipinski definition) is 2. The predicted octanol–water partition coefficient (Wildman–Crippen LogP) is 4.53. The Labute approximate surface area is 125 Å². The molecule has 0 saturated carbocycles. The van der Waals surface area contributed by atoms with E-state index < -0.39 is 0 Å². The van der Waals surface area contributed by atoms with Crippen molar-refractivity contribution in [3.8, 4) is 11.5 Å². The van der Waals surface area contributed by atoms with E-state index >= 15 is 0 Å². The second-order valence-corrected chi connectivity index (χ2v) is 5.30. The average Bonchev–Trinajstić information content (AvgIpc) is 2.48. The molecule has 0 aliphatic heterocycles. The van der Waals surface area contributed by atoms with Gasteiger partial charge >= 0.3 is 0 Å². The van der Waals surface area contributed by atoms with Crippen LogP contribution in [0.5, 0.6) is 11.5 Å². The molecule has 2 aromatic rings. The summed E-state index contributed by atoms with van der Waals surface area (Å²) < 4.78 is 10.5. The Morgan fingerprint density at radius 2 is 1.60 bits per heavy atom. The lowest BCUT2D eigenvalue weighted by atomic mass is 10.0. The van der Waals surface area contributed by atoms with E-state index in [0.717, 1.165) is 17.7 Å². The third-order valence-corrected chi connectivity index (χ3v) is 3.71. The molecule has 0 aliphatic carbocycles. The monoisotopic (exact) mass is 290 g/mol. The average molecular weight is 291 g/mol. The van der Waals surface area contributed by atoms with Gasteiger partial charge in [-0.2, -0.15) is 0 Å². The van der Waals surface area contributed by atoms with Crippen LogP contribution in [0.15, 0.2) is 42.5 Å². The first-order valence-electron chi connectivity index (χ1n) is 6.55. The molecule has 1 unspecified atom stereocenters. The number of aryl methyl sites for hydroxylation is 1. The van der Waals surface area contributed by atoms with Crippen molar-refractivity contribution in [2.75, 3.05) is 14.2 Å². The highest BCUT2D eigenvalue weighted by molar-refractivity contribution is 6.21. The summed E-state index contributed by atoms with van der Waals surface area (Å²) in [5.41, 5.74) is 3.52. The van der Waals surface area contributed by atoms with Gasteiger partial charge in [-0.25, -0.2) is 0 Å². The molecule has 3 heteroatoms. The third kappa shape index (κ3) is 3.45. The van der Waals surface area contributed by atoms with Gasteiger partial charge in [-0.1, -0.05) is 35.9 Å². The smallest absolute Gasteiger partial charge is 0.161 e. The minimum absolute atomic E-state index is 0.0856. The Morgan fingerprint density at radius 3 is 2.20 bits per heavy atom. The highest BCUT2D eigenvalue weighted by Crippen LogP contribution is 2.33. The SMILES string of the molecule is COc1ccc(C(Cl)Cc2ccc(C)cc2)cc1OC. The Hall–Kier alpha value is -1.67. The number of hydrogen-bond donors (Lipinski definition) is 0. The summed E-state index contributed by atoms with van der Waals surface area (Å²) in [5.74, 6) is 1.43. The van der Waals surface area contributed by atoms with Crippen molar-refractivity contribution in [2.24, 2.45) is 0 Å². The van der Waals surface area contributed by atoms with Gasteiger partial charge in [0.15, 0.2) is 11.5 Å². The maximum atomic E-state index is 6.51. The van der Waals surface area contributed by atoms with Gasteiger partial charge in [0.2, 0.25) is 0 Å². The lowest BCUT2D eigenvalue weighted by Gasteiger charge is -2.13. The molecule has 2 nitrogen and oxygen atoms in total. The lowest BCUT2D eigenvalue weighted by molar-refractivity contribution is 0.354. The number of ether oxygens (including phenoxy) is 2. The van der Waals surface area contributed by atoms with Gasteiger partial charge < -0.3 is 9.47 Å². The molecule has 0 aliphatic rings. The van der Waals surface area contributed by atoms with Gasteiger partial charge in [0, 0.05) is 0 Å². The zero-order chi connectivity index (χ0) is 14.5.